The van der Waals surface area contributed by atoms with Gasteiger partial charge in [-0.3, -0.25) is 13.6 Å². The van der Waals surface area contributed by atoms with Crippen molar-refractivity contribution in [3.8, 4) is 0 Å². The molecule has 0 spiro atoms. The first kappa shape index (κ1) is 15.1. The van der Waals surface area contributed by atoms with Crippen LogP contribution in [0.3, 0.4) is 0 Å². The molecular weight excluding hydrogens is 215 g/mol. The van der Waals surface area contributed by atoms with Gasteiger partial charge in [0.05, 0.1) is 19.8 Å². The molecule has 0 N–H and O–H groups in total. The van der Waals surface area contributed by atoms with Crippen LogP contribution in [0.4, 0.5) is 0 Å². The Morgan fingerprint density at radius 2 is 1.40 bits per heavy atom. The van der Waals surface area contributed by atoms with Crippen LogP contribution in [-0.2, 0) is 18.1 Å². The van der Waals surface area contributed by atoms with Crippen molar-refractivity contribution >= 4 is 7.82 Å². The van der Waals surface area contributed by atoms with E-state index in [1.54, 1.807) is 13.8 Å². The van der Waals surface area contributed by atoms with E-state index in [1.165, 1.54) is 0 Å². The highest BCUT2D eigenvalue weighted by molar-refractivity contribution is 7.48. The minimum atomic E-state index is -3.30. The summed E-state index contributed by atoms with van der Waals surface area (Å²) in [6.45, 7) is 8.82. The molecule has 0 aromatic carbocycles. The molecule has 0 aliphatic carbocycles. The Morgan fingerprint density at radius 1 is 0.933 bits per heavy atom. The van der Waals surface area contributed by atoms with Gasteiger partial charge in [0, 0.05) is 0 Å². The lowest BCUT2D eigenvalue weighted by atomic mass is 10.1. The first-order valence-corrected chi connectivity index (χ1v) is 7.11. The van der Waals surface area contributed by atoms with Crippen molar-refractivity contribution in [2.24, 2.45) is 5.92 Å². The van der Waals surface area contributed by atoms with E-state index < -0.39 is 7.82 Å². The zero-order valence-electron chi connectivity index (χ0n) is 10.2. The van der Waals surface area contributed by atoms with Gasteiger partial charge in [0.1, 0.15) is 0 Å². The lowest BCUT2D eigenvalue weighted by molar-refractivity contribution is 0.105. The average molecular weight is 238 g/mol. The Kier molecular flexibility index (Phi) is 8.34. The van der Waals surface area contributed by atoms with Gasteiger partial charge in [-0.2, -0.15) is 0 Å². The zero-order valence-corrected chi connectivity index (χ0v) is 11.1. The number of rotatable bonds is 9. The highest BCUT2D eigenvalue weighted by Gasteiger charge is 2.26. The molecule has 0 unspecified atom stereocenters. The van der Waals surface area contributed by atoms with Crippen LogP contribution in [-0.4, -0.2) is 19.8 Å². The number of hydrogen-bond donors (Lipinski definition) is 0. The fourth-order valence-corrected chi connectivity index (χ4v) is 2.40. The van der Waals surface area contributed by atoms with Gasteiger partial charge in [-0.25, -0.2) is 4.57 Å². The van der Waals surface area contributed by atoms with E-state index in [2.05, 4.69) is 13.8 Å². The van der Waals surface area contributed by atoms with Crippen LogP contribution in [0.15, 0.2) is 0 Å². The van der Waals surface area contributed by atoms with Gasteiger partial charge in [-0.1, -0.05) is 26.7 Å². The third kappa shape index (κ3) is 6.31. The summed E-state index contributed by atoms with van der Waals surface area (Å²) in [5, 5.41) is 0. The molecule has 0 aromatic heterocycles. The van der Waals surface area contributed by atoms with Crippen LogP contribution in [0.5, 0.6) is 0 Å². The molecule has 0 bridgehead atoms. The second-order valence-corrected chi connectivity index (χ2v) is 4.93. The molecule has 0 fully saturated rings. The Hall–Kier alpha value is 0.110. The monoisotopic (exact) mass is 238 g/mol. The third-order valence-corrected chi connectivity index (χ3v) is 3.81. The zero-order chi connectivity index (χ0) is 11.7. The Balaban J connectivity index is 4.10. The molecule has 0 aromatic rings. The normalized spacial score (nSPS) is 12.3. The summed E-state index contributed by atoms with van der Waals surface area (Å²) in [5.41, 5.74) is 0. The summed E-state index contributed by atoms with van der Waals surface area (Å²) in [6.07, 6.45) is 2.02. The molecule has 0 aliphatic heterocycles. The van der Waals surface area contributed by atoms with Crippen molar-refractivity contribution in [3.63, 3.8) is 0 Å². The molecule has 0 rings (SSSR count). The molecule has 0 atom stereocenters. The van der Waals surface area contributed by atoms with Crippen molar-refractivity contribution in [2.45, 2.75) is 40.5 Å². The van der Waals surface area contributed by atoms with Gasteiger partial charge >= 0.3 is 7.82 Å². The topological polar surface area (TPSA) is 44.8 Å². The van der Waals surface area contributed by atoms with Gasteiger partial charge in [0.2, 0.25) is 0 Å². The van der Waals surface area contributed by atoms with Crippen LogP contribution in [0.1, 0.15) is 40.5 Å². The second-order valence-electron chi connectivity index (χ2n) is 3.26. The minimum Gasteiger partial charge on any atom is -0.287 e. The molecule has 5 heteroatoms. The summed E-state index contributed by atoms with van der Waals surface area (Å²) < 4.78 is 27.2. The van der Waals surface area contributed by atoms with E-state index >= 15 is 0 Å². The van der Waals surface area contributed by atoms with E-state index in [0.29, 0.717) is 25.7 Å². The molecule has 0 saturated heterocycles. The molecule has 0 amide bonds. The number of hydrogen-bond acceptors (Lipinski definition) is 4. The molecule has 4 nitrogen and oxygen atoms in total. The fourth-order valence-electron chi connectivity index (χ4n) is 1.15. The van der Waals surface area contributed by atoms with Crippen LogP contribution < -0.4 is 0 Å². The molecule has 0 radical (unpaired) electrons. The van der Waals surface area contributed by atoms with Crippen LogP contribution >= 0.6 is 7.82 Å². The summed E-state index contributed by atoms with van der Waals surface area (Å²) >= 11 is 0. The lowest BCUT2D eigenvalue weighted by Gasteiger charge is -2.19. The fraction of sp³-hybridized carbons (Fsp3) is 1.00. The Morgan fingerprint density at radius 3 is 1.73 bits per heavy atom. The predicted molar refractivity (Wildman–Crippen MR) is 60.9 cm³/mol. The summed E-state index contributed by atoms with van der Waals surface area (Å²) in [6, 6.07) is 0. The van der Waals surface area contributed by atoms with Crippen molar-refractivity contribution in [1.29, 1.82) is 0 Å². The first-order valence-electron chi connectivity index (χ1n) is 5.65. The van der Waals surface area contributed by atoms with E-state index in [-0.39, 0.29) is 0 Å². The van der Waals surface area contributed by atoms with Gasteiger partial charge < -0.3 is 0 Å². The maximum absolute atomic E-state index is 11.9. The summed E-state index contributed by atoms with van der Waals surface area (Å²) in [5.74, 6) is 0.416. The summed E-state index contributed by atoms with van der Waals surface area (Å²) in [4.78, 5) is 0. The first-order chi connectivity index (χ1) is 7.11. The SMILES string of the molecule is CCOP(=O)(OCC)OCC(CC)CC. The van der Waals surface area contributed by atoms with Crippen LogP contribution in [0.2, 0.25) is 0 Å². The van der Waals surface area contributed by atoms with E-state index in [1.807, 2.05) is 0 Å². The quantitative estimate of drug-likeness (QED) is 0.575. The average Bonchev–Trinajstić information content (AvgIpc) is 2.20. The molecule has 0 aliphatic rings. The van der Waals surface area contributed by atoms with Gasteiger partial charge in [0.15, 0.2) is 0 Å². The molecule has 0 saturated carbocycles. The largest absolute Gasteiger partial charge is 0.474 e. The van der Waals surface area contributed by atoms with E-state index in [4.69, 9.17) is 13.6 Å². The maximum atomic E-state index is 11.9. The van der Waals surface area contributed by atoms with Crippen molar-refractivity contribution < 1.29 is 18.1 Å². The van der Waals surface area contributed by atoms with Gasteiger partial charge in [0.25, 0.3) is 0 Å². The molecular formula is C10H23O4P. The Bertz CT molecular complexity index is 182. The van der Waals surface area contributed by atoms with E-state index in [9.17, 15) is 4.57 Å². The molecule has 0 heterocycles. The predicted octanol–water partition coefficient (Wildman–Crippen LogP) is 3.62. The second kappa shape index (κ2) is 8.28. The molecule has 92 valence electrons. The van der Waals surface area contributed by atoms with Gasteiger partial charge in [-0.15, -0.1) is 0 Å². The summed E-state index contributed by atoms with van der Waals surface area (Å²) in [7, 11) is -3.30. The van der Waals surface area contributed by atoms with Crippen LogP contribution in [0.25, 0.3) is 0 Å². The van der Waals surface area contributed by atoms with Crippen molar-refractivity contribution in [2.75, 3.05) is 19.8 Å². The van der Waals surface area contributed by atoms with Gasteiger partial charge in [-0.05, 0) is 19.8 Å². The van der Waals surface area contributed by atoms with Crippen molar-refractivity contribution in [1.82, 2.24) is 0 Å². The smallest absolute Gasteiger partial charge is 0.287 e. The lowest BCUT2D eigenvalue weighted by Crippen LogP contribution is -2.09. The Labute approximate surface area is 92.9 Å². The highest BCUT2D eigenvalue weighted by atomic mass is 31.2. The number of phosphoric ester groups is 1. The number of phosphoric acid groups is 1. The highest BCUT2D eigenvalue weighted by Crippen LogP contribution is 2.49. The van der Waals surface area contributed by atoms with Crippen molar-refractivity contribution in [3.05, 3.63) is 0 Å². The standard InChI is InChI=1S/C10H23O4P/c1-5-10(6-2)9-14-15(11,12-7-3)13-8-4/h10H,5-9H2,1-4H3. The maximum Gasteiger partial charge on any atom is 0.474 e. The molecule has 15 heavy (non-hydrogen) atoms. The third-order valence-electron chi connectivity index (χ3n) is 2.20. The minimum absolute atomic E-state index is 0.334. The van der Waals surface area contributed by atoms with Crippen LogP contribution in [0, 0.1) is 5.92 Å². The van der Waals surface area contributed by atoms with E-state index in [0.717, 1.165) is 12.8 Å².